The molecule has 130 valence electrons. The summed E-state index contributed by atoms with van der Waals surface area (Å²) in [6, 6.07) is 9.81. The van der Waals surface area contributed by atoms with Crippen LogP contribution in [0.15, 0.2) is 30.3 Å². The standard InChI is InChI=1S/C18H21N5O2/c1-10-3-2-4-12(5-10)21-17-16-11(7-20-18(16)24)6-15(23-17)22-14-9-25-8-13(14)19/h2-6,13-14H,7-9,19H2,1H3,(H,20,24)(H2,21,22,23)/t13-,14+/m1/s1. The average molecular weight is 339 g/mol. The summed E-state index contributed by atoms with van der Waals surface area (Å²) in [4.78, 5) is 16.8. The van der Waals surface area contributed by atoms with Crippen molar-refractivity contribution in [1.82, 2.24) is 10.3 Å². The summed E-state index contributed by atoms with van der Waals surface area (Å²) in [5.41, 5.74) is 9.59. The number of aryl methyl sites for hydroxylation is 1. The normalized spacial score (nSPS) is 21.8. The molecule has 3 heterocycles. The van der Waals surface area contributed by atoms with Crippen molar-refractivity contribution in [3.05, 3.63) is 47.0 Å². The Balaban J connectivity index is 1.67. The minimum absolute atomic E-state index is 0.0161. The third kappa shape index (κ3) is 3.16. The van der Waals surface area contributed by atoms with Crippen LogP contribution in [-0.2, 0) is 11.3 Å². The van der Waals surface area contributed by atoms with Gasteiger partial charge in [0.25, 0.3) is 5.91 Å². The van der Waals surface area contributed by atoms with Crippen molar-refractivity contribution in [3.8, 4) is 0 Å². The van der Waals surface area contributed by atoms with E-state index in [-0.39, 0.29) is 18.0 Å². The Bertz CT molecular complexity index is 823. The van der Waals surface area contributed by atoms with Crippen molar-refractivity contribution >= 4 is 23.2 Å². The molecule has 0 spiro atoms. The summed E-state index contributed by atoms with van der Waals surface area (Å²) in [5, 5.41) is 9.47. The Hall–Kier alpha value is -2.64. The number of nitrogens with zero attached hydrogens (tertiary/aromatic N) is 1. The van der Waals surface area contributed by atoms with Crippen LogP contribution in [0, 0.1) is 6.92 Å². The Morgan fingerprint density at radius 2 is 2.20 bits per heavy atom. The summed E-state index contributed by atoms with van der Waals surface area (Å²) < 4.78 is 5.39. The molecule has 4 rings (SSSR count). The number of benzene rings is 1. The largest absolute Gasteiger partial charge is 0.378 e. The van der Waals surface area contributed by atoms with E-state index in [0.29, 0.717) is 37.0 Å². The first-order valence-electron chi connectivity index (χ1n) is 8.36. The maximum atomic E-state index is 12.2. The number of nitrogens with two attached hydrogens (primary N) is 1. The summed E-state index contributed by atoms with van der Waals surface area (Å²) in [6.07, 6.45) is 0. The van der Waals surface area contributed by atoms with Crippen molar-refractivity contribution in [3.63, 3.8) is 0 Å². The van der Waals surface area contributed by atoms with Crippen LogP contribution in [0.5, 0.6) is 0 Å². The van der Waals surface area contributed by atoms with Crippen LogP contribution in [0.4, 0.5) is 17.3 Å². The lowest BCUT2D eigenvalue weighted by Crippen LogP contribution is -2.39. The predicted molar refractivity (Wildman–Crippen MR) is 96.1 cm³/mol. The molecule has 1 saturated heterocycles. The predicted octanol–water partition coefficient (Wildman–Crippen LogP) is 1.52. The second-order valence-corrected chi connectivity index (χ2v) is 6.52. The molecular formula is C18H21N5O2. The summed E-state index contributed by atoms with van der Waals surface area (Å²) in [6.45, 7) is 3.62. The molecule has 2 aliphatic heterocycles. The molecule has 0 radical (unpaired) electrons. The number of carbonyl (C=O) groups excluding carboxylic acids is 1. The van der Waals surface area contributed by atoms with Gasteiger partial charge >= 0.3 is 0 Å². The SMILES string of the molecule is Cc1cccc(Nc2nc(N[C@H]3COC[C@H]3N)cc3c2C(=O)NC3)c1. The number of nitrogens with one attached hydrogen (secondary N) is 3. The minimum atomic E-state index is -0.106. The van der Waals surface area contributed by atoms with E-state index in [1.807, 2.05) is 37.3 Å². The van der Waals surface area contributed by atoms with Gasteiger partial charge < -0.3 is 26.4 Å². The summed E-state index contributed by atoms with van der Waals surface area (Å²) >= 11 is 0. The fourth-order valence-electron chi connectivity index (χ4n) is 3.19. The average Bonchev–Trinajstić information content (AvgIpc) is 3.14. The number of fused-ring (bicyclic) bond motifs is 1. The van der Waals surface area contributed by atoms with Gasteiger partial charge in [-0.3, -0.25) is 4.79 Å². The van der Waals surface area contributed by atoms with Gasteiger partial charge in [-0.05, 0) is 36.2 Å². The second-order valence-electron chi connectivity index (χ2n) is 6.52. The second kappa shape index (κ2) is 6.34. The van der Waals surface area contributed by atoms with Crippen LogP contribution >= 0.6 is 0 Å². The van der Waals surface area contributed by atoms with Gasteiger partial charge in [-0.2, -0.15) is 0 Å². The van der Waals surface area contributed by atoms with Gasteiger partial charge in [0.1, 0.15) is 11.6 Å². The molecule has 5 N–H and O–H groups in total. The monoisotopic (exact) mass is 339 g/mol. The number of aromatic nitrogens is 1. The van der Waals surface area contributed by atoms with E-state index >= 15 is 0 Å². The third-order valence-electron chi connectivity index (χ3n) is 4.51. The van der Waals surface area contributed by atoms with E-state index in [2.05, 4.69) is 20.9 Å². The quantitative estimate of drug-likeness (QED) is 0.674. The molecule has 0 bridgehead atoms. The van der Waals surface area contributed by atoms with Crippen LogP contribution in [0.1, 0.15) is 21.5 Å². The molecule has 0 saturated carbocycles. The van der Waals surface area contributed by atoms with Gasteiger partial charge in [0.15, 0.2) is 0 Å². The zero-order valence-electron chi connectivity index (χ0n) is 14.0. The number of carbonyl (C=O) groups is 1. The topological polar surface area (TPSA) is 101 Å². The fraction of sp³-hybridized carbons (Fsp3) is 0.333. The van der Waals surface area contributed by atoms with E-state index in [4.69, 9.17) is 10.5 Å². The van der Waals surface area contributed by atoms with Crippen molar-refractivity contribution in [2.45, 2.75) is 25.6 Å². The highest BCUT2D eigenvalue weighted by Crippen LogP contribution is 2.29. The van der Waals surface area contributed by atoms with Crippen LogP contribution < -0.4 is 21.7 Å². The lowest BCUT2D eigenvalue weighted by Gasteiger charge is -2.18. The molecular weight excluding hydrogens is 318 g/mol. The molecule has 1 aromatic heterocycles. The molecule has 0 unspecified atom stereocenters. The van der Waals surface area contributed by atoms with Gasteiger partial charge in [0.2, 0.25) is 0 Å². The lowest BCUT2D eigenvalue weighted by molar-refractivity contribution is 0.0966. The molecule has 2 aromatic rings. The zero-order valence-corrected chi connectivity index (χ0v) is 14.0. The van der Waals surface area contributed by atoms with Gasteiger partial charge in [-0.25, -0.2) is 4.98 Å². The van der Waals surface area contributed by atoms with Gasteiger partial charge in [-0.1, -0.05) is 12.1 Å². The van der Waals surface area contributed by atoms with E-state index in [1.54, 1.807) is 0 Å². The highest BCUT2D eigenvalue weighted by Gasteiger charge is 2.28. The van der Waals surface area contributed by atoms with E-state index < -0.39 is 0 Å². The number of hydrogen-bond acceptors (Lipinski definition) is 6. The molecule has 2 aliphatic rings. The third-order valence-corrected chi connectivity index (χ3v) is 4.51. The number of pyridine rings is 1. The molecule has 7 nitrogen and oxygen atoms in total. The highest BCUT2D eigenvalue weighted by atomic mass is 16.5. The molecule has 2 atom stereocenters. The summed E-state index contributed by atoms with van der Waals surface area (Å²) in [7, 11) is 0. The van der Waals surface area contributed by atoms with Crippen molar-refractivity contribution in [2.75, 3.05) is 23.8 Å². The molecule has 0 aliphatic carbocycles. The zero-order chi connectivity index (χ0) is 17.4. The number of hydrogen-bond donors (Lipinski definition) is 4. The molecule has 7 heteroatoms. The lowest BCUT2D eigenvalue weighted by atomic mass is 10.1. The maximum absolute atomic E-state index is 12.2. The van der Waals surface area contributed by atoms with Crippen molar-refractivity contribution in [1.29, 1.82) is 0 Å². The van der Waals surface area contributed by atoms with E-state index in [1.165, 1.54) is 0 Å². The number of anilines is 3. The van der Waals surface area contributed by atoms with Crippen LogP contribution in [0.25, 0.3) is 0 Å². The Kier molecular flexibility index (Phi) is 4.03. The van der Waals surface area contributed by atoms with Crippen LogP contribution in [0.3, 0.4) is 0 Å². The van der Waals surface area contributed by atoms with E-state index in [0.717, 1.165) is 16.8 Å². The first-order valence-corrected chi connectivity index (χ1v) is 8.36. The number of rotatable bonds is 4. The first kappa shape index (κ1) is 15.9. The molecule has 1 amide bonds. The van der Waals surface area contributed by atoms with Gasteiger partial charge in [0, 0.05) is 12.2 Å². The fourth-order valence-corrected chi connectivity index (χ4v) is 3.19. The smallest absolute Gasteiger partial charge is 0.255 e. The Morgan fingerprint density at radius 1 is 1.32 bits per heavy atom. The number of amides is 1. The molecule has 25 heavy (non-hydrogen) atoms. The Morgan fingerprint density at radius 3 is 2.96 bits per heavy atom. The summed E-state index contributed by atoms with van der Waals surface area (Å²) in [5.74, 6) is 1.13. The van der Waals surface area contributed by atoms with Crippen LogP contribution in [0.2, 0.25) is 0 Å². The van der Waals surface area contributed by atoms with Gasteiger partial charge in [-0.15, -0.1) is 0 Å². The maximum Gasteiger partial charge on any atom is 0.255 e. The van der Waals surface area contributed by atoms with Crippen LogP contribution in [-0.4, -0.2) is 36.2 Å². The van der Waals surface area contributed by atoms with E-state index in [9.17, 15) is 4.79 Å². The van der Waals surface area contributed by atoms with Crippen molar-refractivity contribution in [2.24, 2.45) is 5.73 Å². The molecule has 1 fully saturated rings. The van der Waals surface area contributed by atoms with Crippen molar-refractivity contribution < 1.29 is 9.53 Å². The first-order chi connectivity index (χ1) is 12.1. The molecule has 1 aromatic carbocycles. The Labute approximate surface area is 146 Å². The highest BCUT2D eigenvalue weighted by molar-refractivity contribution is 6.03. The minimum Gasteiger partial charge on any atom is -0.378 e. The number of ether oxygens (including phenoxy) is 1. The van der Waals surface area contributed by atoms with Gasteiger partial charge in [0.05, 0.1) is 30.9 Å².